The van der Waals surface area contributed by atoms with Gasteiger partial charge in [-0.05, 0) is 31.7 Å². The number of carbonyl (C=O) groups is 2. The van der Waals surface area contributed by atoms with E-state index < -0.39 is 22.5 Å². The summed E-state index contributed by atoms with van der Waals surface area (Å²) in [5.74, 6) is -1.87. The lowest BCUT2D eigenvalue weighted by atomic mass is 10.0. The van der Waals surface area contributed by atoms with Gasteiger partial charge < -0.3 is 10.4 Å². The summed E-state index contributed by atoms with van der Waals surface area (Å²) in [7, 11) is 0. The monoisotopic (exact) mass is 375 g/mol. The zero-order chi connectivity index (χ0) is 18.7. The summed E-state index contributed by atoms with van der Waals surface area (Å²) in [4.78, 5) is 39.4. The van der Waals surface area contributed by atoms with Crippen molar-refractivity contribution in [2.75, 3.05) is 6.54 Å². The Morgan fingerprint density at radius 2 is 1.96 bits per heavy atom. The van der Waals surface area contributed by atoms with Crippen molar-refractivity contribution in [1.82, 2.24) is 10.3 Å². The Kier molecular flexibility index (Phi) is 5.27. The Bertz CT molecular complexity index is 822. The number of aryl methyl sites for hydroxylation is 2. The fourth-order valence-electron chi connectivity index (χ4n) is 2.87. The third kappa shape index (κ3) is 4.05. The zero-order valence-electron chi connectivity index (χ0n) is 13.9. The lowest BCUT2D eigenvalue weighted by Gasteiger charge is -2.06. The van der Waals surface area contributed by atoms with Crippen LogP contribution >= 0.6 is 11.3 Å². The maximum Gasteiger partial charge on any atom is 0.335 e. The van der Waals surface area contributed by atoms with E-state index in [1.54, 1.807) is 11.3 Å². The minimum Gasteiger partial charge on any atom is -0.478 e. The number of non-ortho nitro benzene ring substituents is 1. The molecule has 0 atom stereocenters. The molecule has 1 amide bonds. The van der Waals surface area contributed by atoms with Crippen LogP contribution in [0.25, 0.3) is 0 Å². The number of rotatable bonds is 6. The topological polar surface area (TPSA) is 122 Å². The third-order valence-corrected chi connectivity index (χ3v) is 5.37. The van der Waals surface area contributed by atoms with E-state index in [9.17, 15) is 19.7 Å². The van der Waals surface area contributed by atoms with Crippen LogP contribution in [0.1, 0.15) is 49.1 Å². The van der Waals surface area contributed by atoms with Crippen molar-refractivity contribution in [3.63, 3.8) is 0 Å². The highest BCUT2D eigenvalue weighted by atomic mass is 32.1. The molecule has 1 aromatic carbocycles. The molecule has 0 spiro atoms. The average molecular weight is 375 g/mol. The van der Waals surface area contributed by atoms with Gasteiger partial charge in [-0.25, -0.2) is 9.78 Å². The predicted molar refractivity (Wildman–Crippen MR) is 94.8 cm³/mol. The molecule has 136 valence electrons. The van der Waals surface area contributed by atoms with Crippen LogP contribution in [0, 0.1) is 10.1 Å². The van der Waals surface area contributed by atoms with E-state index in [4.69, 9.17) is 5.11 Å². The number of nitro benzene ring substituents is 1. The number of carbonyl (C=O) groups excluding carboxylic acids is 1. The normalized spacial score (nSPS) is 13.1. The van der Waals surface area contributed by atoms with Crippen molar-refractivity contribution in [2.45, 2.75) is 32.1 Å². The highest BCUT2D eigenvalue weighted by Gasteiger charge is 2.18. The summed E-state index contributed by atoms with van der Waals surface area (Å²) in [5.41, 5.74) is 0.391. The number of aromatic carboxylic acids is 1. The van der Waals surface area contributed by atoms with E-state index in [-0.39, 0.29) is 11.1 Å². The molecule has 26 heavy (non-hydrogen) atoms. The Morgan fingerprint density at radius 3 is 2.65 bits per heavy atom. The van der Waals surface area contributed by atoms with Gasteiger partial charge in [0.2, 0.25) is 0 Å². The number of nitrogens with zero attached hydrogens (tertiary/aromatic N) is 2. The van der Waals surface area contributed by atoms with Crippen LogP contribution in [0.5, 0.6) is 0 Å². The molecule has 0 fully saturated rings. The Hall–Kier alpha value is -2.81. The van der Waals surface area contributed by atoms with E-state index in [1.165, 1.54) is 11.3 Å². The smallest absolute Gasteiger partial charge is 0.335 e. The van der Waals surface area contributed by atoms with Crippen LogP contribution < -0.4 is 5.32 Å². The molecule has 1 aliphatic carbocycles. The quantitative estimate of drug-likeness (QED) is 0.591. The van der Waals surface area contributed by atoms with E-state index in [2.05, 4.69) is 10.3 Å². The SMILES string of the molecule is O=C(O)c1cc(C(=O)NCCc2nc3c(s2)CCCC3)cc([N+](=O)[O-])c1. The molecule has 0 radical (unpaired) electrons. The molecule has 8 nitrogen and oxygen atoms in total. The molecule has 0 unspecified atom stereocenters. The average Bonchev–Trinajstić information content (AvgIpc) is 3.03. The van der Waals surface area contributed by atoms with Crippen LogP contribution in [0.3, 0.4) is 0 Å². The lowest BCUT2D eigenvalue weighted by molar-refractivity contribution is -0.384. The second-order valence-electron chi connectivity index (χ2n) is 6.02. The standard InChI is InChI=1S/C17H17N3O5S/c21-16(10-7-11(17(22)23)9-12(8-10)20(24)25)18-6-5-15-19-13-3-1-2-4-14(13)26-15/h7-9H,1-6H2,(H,18,21)(H,22,23). The number of fused-ring (bicyclic) bond motifs is 1. The van der Waals surface area contributed by atoms with Gasteiger partial charge in [-0.1, -0.05) is 0 Å². The molecular formula is C17H17N3O5S. The van der Waals surface area contributed by atoms with Crippen molar-refractivity contribution in [1.29, 1.82) is 0 Å². The summed E-state index contributed by atoms with van der Waals surface area (Å²) >= 11 is 1.67. The zero-order valence-corrected chi connectivity index (χ0v) is 14.7. The molecule has 3 rings (SSSR count). The minimum absolute atomic E-state index is 0.0463. The van der Waals surface area contributed by atoms with E-state index in [1.807, 2.05) is 0 Å². The molecule has 0 saturated heterocycles. The van der Waals surface area contributed by atoms with Crippen LogP contribution in [0.4, 0.5) is 5.69 Å². The molecule has 9 heteroatoms. The summed E-state index contributed by atoms with van der Waals surface area (Å²) in [6.45, 7) is 0.330. The van der Waals surface area contributed by atoms with Crippen molar-refractivity contribution in [3.05, 3.63) is 55.0 Å². The van der Waals surface area contributed by atoms with Gasteiger partial charge in [0.05, 0.1) is 21.2 Å². The van der Waals surface area contributed by atoms with Crippen LogP contribution in [-0.4, -0.2) is 33.4 Å². The predicted octanol–water partition coefficient (Wildman–Crippen LogP) is 2.60. The van der Waals surface area contributed by atoms with Gasteiger partial charge in [-0.3, -0.25) is 14.9 Å². The van der Waals surface area contributed by atoms with Gasteiger partial charge in [0.1, 0.15) is 0 Å². The second kappa shape index (κ2) is 7.61. The number of benzene rings is 1. The fourth-order valence-corrected chi connectivity index (χ4v) is 4.02. The van der Waals surface area contributed by atoms with E-state index >= 15 is 0 Å². The summed E-state index contributed by atoms with van der Waals surface area (Å²) in [6, 6.07) is 3.13. The van der Waals surface area contributed by atoms with Gasteiger partial charge in [0.25, 0.3) is 11.6 Å². The maximum absolute atomic E-state index is 12.2. The van der Waals surface area contributed by atoms with Gasteiger partial charge in [0.15, 0.2) is 0 Å². The molecule has 1 heterocycles. The fraction of sp³-hybridized carbons (Fsp3) is 0.353. The number of hydrogen-bond acceptors (Lipinski definition) is 6. The lowest BCUT2D eigenvalue weighted by Crippen LogP contribution is -2.26. The Morgan fingerprint density at radius 1 is 1.23 bits per heavy atom. The van der Waals surface area contributed by atoms with Gasteiger partial charge in [-0.15, -0.1) is 11.3 Å². The minimum atomic E-state index is -1.32. The molecule has 0 saturated carbocycles. The number of aromatic nitrogens is 1. The maximum atomic E-state index is 12.2. The first-order chi connectivity index (χ1) is 12.4. The van der Waals surface area contributed by atoms with Crippen molar-refractivity contribution in [3.8, 4) is 0 Å². The van der Waals surface area contributed by atoms with E-state index in [0.29, 0.717) is 13.0 Å². The van der Waals surface area contributed by atoms with Gasteiger partial charge >= 0.3 is 5.97 Å². The molecular weight excluding hydrogens is 358 g/mol. The first kappa shape index (κ1) is 18.0. The number of hydrogen-bond donors (Lipinski definition) is 2. The molecule has 1 aromatic heterocycles. The third-order valence-electron chi connectivity index (χ3n) is 4.15. The number of nitrogens with one attached hydrogen (secondary N) is 1. The van der Waals surface area contributed by atoms with Crippen molar-refractivity contribution >= 4 is 28.9 Å². The molecule has 2 aromatic rings. The summed E-state index contributed by atoms with van der Waals surface area (Å²) < 4.78 is 0. The number of nitro groups is 1. The van der Waals surface area contributed by atoms with Gasteiger partial charge in [-0.2, -0.15) is 0 Å². The highest BCUT2D eigenvalue weighted by Crippen LogP contribution is 2.26. The van der Waals surface area contributed by atoms with Crippen molar-refractivity contribution in [2.24, 2.45) is 0 Å². The largest absolute Gasteiger partial charge is 0.478 e. The highest BCUT2D eigenvalue weighted by molar-refractivity contribution is 7.11. The number of carboxylic acid groups (broad SMARTS) is 1. The molecule has 1 aliphatic rings. The van der Waals surface area contributed by atoms with Gasteiger partial charge in [0, 0.05) is 35.5 Å². The van der Waals surface area contributed by atoms with Crippen LogP contribution in [0.2, 0.25) is 0 Å². The number of thiazole rings is 1. The van der Waals surface area contributed by atoms with E-state index in [0.717, 1.165) is 48.2 Å². The Balaban J connectivity index is 1.65. The second-order valence-corrected chi connectivity index (χ2v) is 7.19. The number of carboxylic acids is 1. The van der Waals surface area contributed by atoms with Crippen LogP contribution in [-0.2, 0) is 19.3 Å². The summed E-state index contributed by atoms with van der Waals surface area (Å²) in [6.07, 6.45) is 4.98. The first-order valence-electron chi connectivity index (χ1n) is 8.22. The van der Waals surface area contributed by atoms with Crippen molar-refractivity contribution < 1.29 is 19.6 Å². The summed E-state index contributed by atoms with van der Waals surface area (Å²) in [5, 5.41) is 23.6. The molecule has 0 aliphatic heterocycles. The first-order valence-corrected chi connectivity index (χ1v) is 9.04. The Labute approximate surface area is 153 Å². The van der Waals surface area contributed by atoms with Crippen LogP contribution in [0.15, 0.2) is 18.2 Å². The molecule has 2 N–H and O–H groups in total. The number of amides is 1. The molecule has 0 bridgehead atoms.